The fraction of sp³-hybridized carbons (Fsp3) is 0.467. The van der Waals surface area contributed by atoms with Gasteiger partial charge in [-0.3, -0.25) is 9.59 Å². The van der Waals surface area contributed by atoms with Crippen molar-refractivity contribution in [1.82, 2.24) is 9.88 Å². The summed E-state index contributed by atoms with van der Waals surface area (Å²) in [7, 11) is 3.45. The van der Waals surface area contributed by atoms with Gasteiger partial charge in [0.05, 0.1) is 5.57 Å². The van der Waals surface area contributed by atoms with Gasteiger partial charge in [0, 0.05) is 29.9 Å². The third-order valence-corrected chi connectivity index (χ3v) is 4.45. The molecular weight excluding hydrogens is 367 g/mol. The average Bonchev–Trinajstić information content (AvgIpc) is 2.76. The van der Waals surface area contributed by atoms with Crippen LogP contribution in [0.1, 0.15) is 41.9 Å². The zero-order chi connectivity index (χ0) is 15.3. The molecule has 110 valence electrons. The maximum absolute atomic E-state index is 11.7. The summed E-state index contributed by atoms with van der Waals surface area (Å²) in [5.74, 6) is -0.577. The van der Waals surface area contributed by atoms with E-state index in [1.807, 2.05) is 17.7 Å². The maximum Gasteiger partial charge on any atom is 0.254 e. The molecule has 0 saturated heterocycles. The van der Waals surface area contributed by atoms with E-state index in [0.717, 1.165) is 18.5 Å². The Bertz CT molecular complexity index is 532. The van der Waals surface area contributed by atoms with Crippen LogP contribution >= 0.6 is 22.6 Å². The van der Waals surface area contributed by atoms with Crippen LogP contribution in [0.3, 0.4) is 0 Å². The molecule has 1 rings (SSSR count). The van der Waals surface area contributed by atoms with Crippen molar-refractivity contribution in [3.8, 4) is 0 Å². The van der Waals surface area contributed by atoms with Crippen LogP contribution < -0.4 is 5.32 Å². The number of amides is 1. The molecule has 5 heteroatoms. The summed E-state index contributed by atoms with van der Waals surface area (Å²) in [6, 6.07) is 2.04. The van der Waals surface area contributed by atoms with E-state index in [4.69, 9.17) is 0 Å². The lowest BCUT2D eigenvalue weighted by atomic mass is 10.1. The Labute approximate surface area is 133 Å². The van der Waals surface area contributed by atoms with Gasteiger partial charge in [-0.05, 0) is 31.1 Å². The summed E-state index contributed by atoms with van der Waals surface area (Å²) in [5.41, 5.74) is 2.27. The van der Waals surface area contributed by atoms with Gasteiger partial charge in [0.1, 0.15) is 0 Å². The van der Waals surface area contributed by atoms with Crippen molar-refractivity contribution in [2.75, 3.05) is 7.05 Å². The number of carbonyl (C=O) groups excluding carboxylic acids is 2. The first kappa shape index (κ1) is 16.9. The number of alkyl halides is 1. The van der Waals surface area contributed by atoms with Crippen molar-refractivity contribution in [3.63, 3.8) is 0 Å². The number of nitrogens with one attached hydrogen (secondary N) is 1. The van der Waals surface area contributed by atoms with Crippen LogP contribution in [-0.4, -0.2) is 23.3 Å². The number of aromatic nitrogens is 1. The van der Waals surface area contributed by atoms with E-state index in [-0.39, 0.29) is 17.3 Å². The standard InChI is InChI=1S/C15H21IN2O2/c1-5-6-14(16)11-7-12(18(4)9-11)8-13(10(2)19)15(20)17-3/h7-9,14H,5-6H2,1-4H3,(H,17,20)/b13-8-. The summed E-state index contributed by atoms with van der Waals surface area (Å²) in [6.07, 6.45) is 5.95. The van der Waals surface area contributed by atoms with Crippen molar-refractivity contribution in [2.45, 2.75) is 30.6 Å². The average molecular weight is 388 g/mol. The lowest BCUT2D eigenvalue weighted by molar-refractivity contribution is -0.121. The largest absolute Gasteiger partial charge is 0.355 e. The Morgan fingerprint density at radius 2 is 2.15 bits per heavy atom. The third-order valence-electron chi connectivity index (χ3n) is 3.11. The molecule has 0 fully saturated rings. The summed E-state index contributed by atoms with van der Waals surface area (Å²) in [5, 5.41) is 2.50. The van der Waals surface area contributed by atoms with Gasteiger partial charge in [-0.1, -0.05) is 35.9 Å². The fourth-order valence-electron chi connectivity index (χ4n) is 1.95. The minimum Gasteiger partial charge on any atom is -0.355 e. The molecule has 0 aliphatic rings. The van der Waals surface area contributed by atoms with Gasteiger partial charge >= 0.3 is 0 Å². The number of rotatable bonds is 6. The molecule has 4 nitrogen and oxygen atoms in total. The van der Waals surface area contributed by atoms with Crippen LogP contribution in [0.2, 0.25) is 0 Å². The third kappa shape index (κ3) is 4.19. The zero-order valence-electron chi connectivity index (χ0n) is 12.4. The molecule has 1 atom stereocenters. The van der Waals surface area contributed by atoms with Crippen LogP contribution in [0, 0.1) is 0 Å². The number of ketones is 1. The Morgan fingerprint density at radius 3 is 2.65 bits per heavy atom. The number of nitrogens with zero attached hydrogens (tertiary/aromatic N) is 1. The first-order valence-electron chi connectivity index (χ1n) is 6.65. The number of hydrogen-bond acceptors (Lipinski definition) is 2. The molecule has 0 bridgehead atoms. The molecule has 0 saturated carbocycles. The van der Waals surface area contributed by atoms with Gasteiger partial charge in [0.15, 0.2) is 5.78 Å². The van der Waals surface area contributed by atoms with Crippen molar-refractivity contribution in [2.24, 2.45) is 7.05 Å². The SMILES string of the molecule is CCCC(I)c1cc(/C=C(/C(C)=O)C(=O)NC)n(C)c1. The summed E-state index contributed by atoms with van der Waals surface area (Å²) < 4.78 is 2.40. The van der Waals surface area contributed by atoms with Gasteiger partial charge in [-0.15, -0.1) is 0 Å². The van der Waals surface area contributed by atoms with Gasteiger partial charge in [-0.2, -0.15) is 0 Å². The van der Waals surface area contributed by atoms with E-state index in [1.54, 1.807) is 6.08 Å². The van der Waals surface area contributed by atoms with Crippen molar-refractivity contribution < 1.29 is 9.59 Å². The van der Waals surface area contributed by atoms with E-state index in [1.165, 1.54) is 19.5 Å². The molecule has 0 aliphatic carbocycles. The topological polar surface area (TPSA) is 51.1 Å². The second kappa shape index (κ2) is 7.61. The highest BCUT2D eigenvalue weighted by atomic mass is 127. The van der Waals surface area contributed by atoms with E-state index in [2.05, 4.69) is 41.0 Å². The van der Waals surface area contributed by atoms with Crippen molar-refractivity contribution in [3.05, 3.63) is 29.1 Å². The fourth-order valence-corrected chi connectivity index (χ4v) is 2.92. The van der Waals surface area contributed by atoms with Crippen LogP contribution in [0.25, 0.3) is 6.08 Å². The molecule has 1 N–H and O–H groups in total. The molecular formula is C15H21IN2O2. The summed E-state index contributed by atoms with van der Waals surface area (Å²) >= 11 is 2.42. The molecule has 1 aromatic heterocycles. The summed E-state index contributed by atoms with van der Waals surface area (Å²) in [6.45, 7) is 3.57. The second-order valence-corrected chi connectivity index (χ2v) is 6.26. The monoisotopic (exact) mass is 388 g/mol. The Balaban J connectivity index is 3.13. The Hall–Kier alpha value is -1.11. The minimum atomic E-state index is -0.347. The molecule has 20 heavy (non-hydrogen) atoms. The maximum atomic E-state index is 11.7. The minimum absolute atomic E-state index is 0.181. The molecule has 0 aliphatic heterocycles. The molecule has 0 spiro atoms. The van der Waals surface area contributed by atoms with E-state index in [0.29, 0.717) is 3.92 Å². The number of halogens is 1. The van der Waals surface area contributed by atoms with Gasteiger partial charge in [0.2, 0.25) is 0 Å². The molecule has 1 unspecified atom stereocenters. The van der Waals surface area contributed by atoms with E-state index >= 15 is 0 Å². The predicted octanol–water partition coefficient (Wildman–Crippen LogP) is 3.02. The number of likely N-dealkylation sites (N-methyl/N-ethyl adjacent to an activating group) is 1. The van der Waals surface area contributed by atoms with Gasteiger partial charge in [-0.25, -0.2) is 0 Å². The first-order chi connectivity index (χ1) is 9.40. The molecule has 1 amide bonds. The predicted molar refractivity (Wildman–Crippen MR) is 89.8 cm³/mol. The molecule has 1 heterocycles. The zero-order valence-corrected chi connectivity index (χ0v) is 14.5. The second-order valence-electron chi connectivity index (χ2n) is 4.76. The summed E-state index contributed by atoms with van der Waals surface area (Å²) in [4.78, 5) is 23.3. The highest BCUT2D eigenvalue weighted by Gasteiger charge is 2.15. The van der Waals surface area contributed by atoms with Gasteiger partial charge in [0.25, 0.3) is 5.91 Å². The van der Waals surface area contributed by atoms with E-state index < -0.39 is 0 Å². The number of hydrogen-bond donors (Lipinski definition) is 1. The normalized spacial score (nSPS) is 13.2. The Kier molecular flexibility index (Phi) is 6.45. The van der Waals surface area contributed by atoms with E-state index in [9.17, 15) is 9.59 Å². The lowest BCUT2D eigenvalue weighted by Gasteiger charge is -2.04. The molecule has 0 aromatic carbocycles. The quantitative estimate of drug-likeness (QED) is 0.268. The highest BCUT2D eigenvalue weighted by molar-refractivity contribution is 14.1. The smallest absolute Gasteiger partial charge is 0.254 e. The molecule has 0 radical (unpaired) electrons. The highest BCUT2D eigenvalue weighted by Crippen LogP contribution is 2.30. The lowest BCUT2D eigenvalue weighted by Crippen LogP contribution is -2.23. The van der Waals surface area contributed by atoms with Crippen LogP contribution in [0.5, 0.6) is 0 Å². The van der Waals surface area contributed by atoms with Crippen molar-refractivity contribution in [1.29, 1.82) is 0 Å². The number of Topliss-reactive ketones (excluding diaryl/α,β-unsaturated/α-hetero) is 1. The number of aryl methyl sites for hydroxylation is 1. The first-order valence-corrected chi connectivity index (χ1v) is 7.90. The molecule has 1 aromatic rings. The van der Waals surface area contributed by atoms with Crippen molar-refractivity contribution >= 4 is 40.4 Å². The van der Waals surface area contributed by atoms with Crippen LogP contribution in [0.15, 0.2) is 17.8 Å². The van der Waals surface area contributed by atoms with Gasteiger partial charge < -0.3 is 9.88 Å². The van der Waals surface area contributed by atoms with Crippen LogP contribution in [0.4, 0.5) is 0 Å². The van der Waals surface area contributed by atoms with Crippen LogP contribution in [-0.2, 0) is 16.6 Å². The Morgan fingerprint density at radius 1 is 1.50 bits per heavy atom. The number of carbonyl (C=O) groups is 2.